The second-order valence-electron chi connectivity index (χ2n) is 3.54. The van der Waals surface area contributed by atoms with Crippen LogP contribution in [0.3, 0.4) is 0 Å². The molecule has 1 aliphatic rings. The van der Waals surface area contributed by atoms with Crippen LogP contribution in [0.15, 0.2) is 0 Å². The monoisotopic (exact) mass is 151 g/mol. The molecule has 0 unspecified atom stereocenters. The highest BCUT2D eigenvalue weighted by Gasteiger charge is 2.30. The van der Waals surface area contributed by atoms with E-state index >= 15 is 0 Å². The third-order valence-electron chi connectivity index (χ3n) is 2.31. The molecule has 0 aliphatic carbocycles. The number of hydrogen-bond acceptors (Lipinski definition) is 3. The SMILES string of the molecule is CCB1N(C)BN(C)BN1C. The van der Waals surface area contributed by atoms with Crippen LogP contribution in [0.1, 0.15) is 6.92 Å². The van der Waals surface area contributed by atoms with Gasteiger partial charge in [-0.3, -0.25) is 0 Å². The van der Waals surface area contributed by atoms with Crippen LogP contribution >= 0.6 is 0 Å². The van der Waals surface area contributed by atoms with Gasteiger partial charge in [-0.1, -0.05) is 6.92 Å². The van der Waals surface area contributed by atoms with Gasteiger partial charge < -0.3 is 14.2 Å². The van der Waals surface area contributed by atoms with Crippen molar-refractivity contribution < 1.29 is 0 Å². The summed E-state index contributed by atoms with van der Waals surface area (Å²) in [4.78, 5) is 0. The highest BCUT2D eigenvalue weighted by atomic mass is 15.2. The van der Waals surface area contributed by atoms with Crippen molar-refractivity contribution in [3.8, 4) is 0 Å². The molecule has 1 saturated heterocycles. The smallest absolute Gasteiger partial charge is 0.289 e. The van der Waals surface area contributed by atoms with E-state index in [9.17, 15) is 0 Å². The fourth-order valence-corrected chi connectivity index (χ4v) is 1.95. The molecule has 0 aromatic rings. The highest BCUT2D eigenvalue weighted by Crippen LogP contribution is 2.05. The van der Waals surface area contributed by atoms with E-state index in [1.807, 2.05) is 0 Å². The molecule has 11 heavy (non-hydrogen) atoms. The summed E-state index contributed by atoms with van der Waals surface area (Å²) < 4.78 is 7.07. The van der Waals surface area contributed by atoms with E-state index in [0.29, 0.717) is 6.98 Å². The van der Waals surface area contributed by atoms with E-state index in [1.165, 1.54) is 6.32 Å². The fraction of sp³-hybridized carbons (Fsp3) is 1.00. The van der Waals surface area contributed by atoms with Crippen LogP contribution in [0.5, 0.6) is 0 Å². The van der Waals surface area contributed by atoms with Crippen LogP contribution in [-0.4, -0.2) is 57.4 Å². The maximum Gasteiger partial charge on any atom is 0.289 e. The topological polar surface area (TPSA) is 9.72 Å². The van der Waals surface area contributed by atoms with Gasteiger partial charge in [-0.2, -0.15) is 0 Å². The zero-order valence-electron chi connectivity index (χ0n) is 8.04. The van der Waals surface area contributed by atoms with Crippen LogP contribution in [0.4, 0.5) is 0 Å². The van der Waals surface area contributed by atoms with Gasteiger partial charge in [0.05, 0.1) is 0 Å². The molecule has 0 atom stereocenters. The molecule has 3 nitrogen and oxygen atoms in total. The van der Waals surface area contributed by atoms with E-state index in [1.54, 1.807) is 0 Å². The molecule has 60 valence electrons. The Morgan fingerprint density at radius 1 is 1.09 bits per heavy atom. The minimum absolute atomic E-state index is 0.631. The van der Waals surface area contributed by atoms with Crippen LogP contribution in [0, 0.1) is 0 Å². The first-order valence-corrected chi connectivity index (χ1v) is 4.24. The molecule has 1 heterocycles. The first kappa shape index (κ1) is 9.17. The van der Waals surface area contributed by atoms with Crippen molar-refractivity contribution in [1.82, 2.24) is 14.2 Å². The maximum absolute atomic E-state index is 2.38. The van der Waals surface area contributed by atoms with Crippen molar-refractivity contribution in [3.05, 3.63) is 0 Å². The van der Waals surface area contributed by atoms with Gasteiger partial charge in [0.15, 0.2) is 0 Å². The summed E-state index contributed by atoms with van der Waals surface area (Å²) >= 11 is 0. The third kappa shape index (κ3) is 2.01. The Balaban J connectivity index is 2.52. The van der Waals surface area contributed by atoms with E-state index in [4.69, 9.17) is 0 Å². The van der Waals surface area contributed by atoms with Gasteiger partial charge in [0.1, 0.15) is 0 Å². The van der Waals surface area contributed by atoms with Gasteiger partial charge in [0, 0.05) is 0 Å². The summed E-state index contributed by atoms with van der Waals surface area (Å²) in [5.41, 5.74) is 0. The van der Waals surface area contributed by atoms with Crippen molar-refractivity contribution in [3.63, 3.8) is 0 Å². The van der Waals surface area contributed by atoms with Crippen LogP contribution in [0.2, 0.25) is 6.32 Å². The van der Waals surface area contributed by atoms with Crippen molar-refractivity contribution in [2.75, 3.05) is 21.1 Å². The van der Waals surface area contributed by atoms with Gasteiger partial charge in [0.2, 0.25) is 0 Å². The van der Waals surface area contributed by atoms with Gasteiger partial charge >= 0.3 is 0 Å². The lowest BCUT2D eigenvalue weighted by Crippen LogP contribution is -2.64. The van der Waals surface area contributed by atoms with Crippen LogP contribution in [0.25, 0.3) is 0 Å². The van der Waals surface area contributed by atoms with Gasteiger partial charge in [0.25, 0.3) is 22.1 Å². The predicted octanol–water partition coefficient (Wildman–Crippen LogP) is -1.16. The Kier molecular flexibility index (Phi) is 3.04. The standard InChI is InChI=1S/C5H16B3N3/c1-5-8-10(3)6-9(2)7-11(8)4/h6-7H,5H2,1-4H3. The average Bonchev–Trinajstić information content (AvgIpc) is 1.85. The van der Waals surface area contributed by atoms with E-state index in [-0.39, 0.29) is 0 Å². The average molecular weight is 151 g/mol. The van der Waals surface area contributed by atoms with Crippen LogP contribution < -0.4 is 0 Å². The highest BCUT2D eigenvalue weighted by molar-refractivity contribution is 6.73. The summed E-state index contributed by atoms with van der Waals surface area (Å²) in [5.74, 6) is 0. The normalized spacial score (nSPS) is 23.1. The number of hydrogen-bond donors (Lipinski definition) is 0. The summed E-state index contributed by atoms with van der Waals surface area (Å²) in [6.45, 7) is 2.87. The Bertz CT molecular complexity index is 122. The zero-order valence-corrected chi connectivity index (χ0v) is 8.04. The second-order valence-corrected chi connectivity index (χ2v) is 3.54. The number of rotatable bonds is 1. The van der Waals surface area contributed by atoms with E-state index in [0.717, 1.165) is 15.1 Å². The molecule has 0 aromatic heterocycles. The quantitative estimate of drug-likeness (QED) is 0.437. The molecular weight excluding hydrogens is 135 g/mol. The first-order chi connectivity index (χ1) is 5.15. The van der Waals surface area contributed by atoms with Gasteiger partial charge in [-0.25, -0.2) is 0 Å². The molecule has 0 aromatic carbocycles. The molecule has 0 N–H and O–H groups in total. The zero-order chi connectivity index (χ0) is 8.43. The van der Waals surface area contributed by atoms with E-state index in [2.05, 4.69) is 42.2 Å². The Morgan fingerprint density at radius 2 is 1.55 bits per heavy atom. The lowest BCUT2D eigenvalue weighted by atomic mass is 9.57. The van der Waals surface area contributed by atoms with Gasteiger partial charge in [-0.05, 0) is 27.5 Å². The molecular formula is C5H16B3N3. The molecule has 1 rings (SSSR count). The van der Waals surface area contributed by atoms with Gasteiger partial charge in [-0.15, -0.1) is 0 Å². The number of nitrogens with zero attached hydrogens (tertiary/aromatic N) is 3. The molecule has 0 spiro atoms. The third-order valence-corrected chi connectivity index (χ3v) is 2.31. The largest absolute Gasteiger partial charge is 0.366 e. The summed E-state index contributed by atoms with van der Waals surface area (Å²) in [7, 11) is 8.69. The van der Waals surface area contributed by atoms with Crippen molar-refractivity contribution >= 4 is 22.1 Å². The molecule has 0 amide bonds. The molecule has 0 radical (unpaired) electrons. The fourth-order valence-electron chi connectivity index (χ4n) is 1.95. The van der Waals surface area contributed by atoms with Crippen molar-refractivity contribution in [1.29, 1.82) is 0 Å². The molecule has 1 aliphatic heterocycles. The maximum atomic E-state index is 2.38. The molecule has 0 bridgehead atoms. The summed E-state index contributed by atoms with van der Waals surface area (Å²) in [6.07, 6.45) is 1.21. The Morgan fingerprint density at radius 3 is 1.91 bits per heavy atom. The lowest BCUT2D eigenvalue weighted by molar-refractivity contribution is 0.573. The minimum atomic E-state index is 0.631. The van der Waals surface area contributed by atoms with Crippen LogP contribution in [-0.2, 0) is 0 Å². The Hall–Kier alpha value is 0.0748. The predicted molar refractivity (Wildman–Crippen MR) is 53.8 cm³/mol. The van der Waals surface area contributed by atoms with Crippen molar-refractivity contribution in [2.45, 2.75) is 13.2 Å². The minimum Gasteiger partial charge on any atom is -0.366 e. The van der Waals surface area contributed by atoms with Crippen molar-refractivity contribution in [2.24, 2.45) is 0 Å². The molecule has 0 saturated carbocycles. The second kappa shape index (κ2) is 3.65. The molecule has 1 fully saturated rings. The summed E-state index contributed by atoms with van der Waals surface area (Å²) in [5, 5.41) is 0. The van der Waals surface area contributed by atoms with E-state index < -0.39 is 0 Å². The first-order valence-electron chi connectivity index (χ1n) is 4.24. The summed E-state index contributed by atoms with van der Waals surface area (Å²) in [6, 6.07) is 0. The molecule has 6 heteroatoms. The lowest BCUT2D eigenvalue weighted by Gasteiger charge is -2.40. The Labute approximate surface area is 71.4 Å².